The van der Waals surface area contributed by atoms with Crippen molar-refractivity contribution in [1.82, 2.24) is 5.32 Å². The van der Waals surface area contributed by atoms with Crippen LogP contribution in [0, 0.1) is 5.82 Å². The summed E-state index contributed by atoms with van der Waals surface area (Å²) in [5, 5.41) is 11.7. The summed E-state index contributed by atoms with van der Waals surface area (Å²) in [7, 11) is 0. The fourth-order valence-corrected chi connectivity index (χ4v) is 2.25. The maximum atomic E-state index is 13.5. The van der Waals surface area contributed by atoms with Crippen molar-refractivity contribution in [2.75, 3.05) is 0 Å². The summed E-state index contributed by atoms with van der Waals surface area (Å²) in [6, 6.07) is 4.36. The molecule has 1 amide bonds. The van der Waals surface area contributed by atoms with Crippen LogP contribution in [0.1, 0.15) is 32.3 Å². The van der Waals surface area contributed by atoms with Gasteiger partial charge in [0.15, 0.2) is 0 Å². The van der Waals surface area contributed by atoms with E-state index in [1.165, 1.54) is 18.2 Å². The molecule has 1 aromatic rings. The molecule has 114 valence electrons. The third-order valence-electron chi connectivity index (χ3n) is 3.35. The second kappa shape index (κ2) is 7.36. The van der Waals surface area contributed by atoms with Gasteiger partial charge in [-0.2, -0.15) is 0 Å². The quantitative estimate of drug-likeness (QED) is 0.767. The van der Waals surface area contributed by atoms with E-state index in [4.69, 9.17) is 0 Å². The van der Waals surface area contributed by atoms with Crippen LogP contribution in [0.3, 0.4) is 0 Å². The lowest BCUT2D eigenvalue weighted by Gasteiger charge is -2.27. The predicted molar refractivity (Wildman–Crippen MR) is 82.2 cm³/mol. The summed E-state index contributed by atoms with van der Waals surface area (Å²) in [6.45, 7) is 3.38. The first-order chi connectivity index (χ1) is 9.84. The van der Waals surface area contributed by atoms with Gasteiger partial charge >= 0.3 is 5.97 Å². The zero-order valence-corrected chi connectivity index (χ0v) is 13.4. The van der Waals surface area contributed by atoms with E-state index in [2.05, 4.69) is 21.2 Å². The highest BCUT2D eigenvalue weighted by atomic mass is 79.9. The number of hydrogen-bond donors (Lipinski definition) is 2. The molecule has 0 unspecified atom stereocenters. The maximum Gasteiger partial charge on any atom is 0.329 e. The number of amides is 1. The van der Waals surface area contributed by atoms with Gasteiger partial charge in [-0.25, -0.2) is 9.18 Å². The molecule has 21 heavy (non-hydrogen) atoms. The van der Waals surface area contributed by atoms with Gasteiger partial charge in [0.2, 0.25) is 5.91 Å². The molecule has 0 aromatic heterocycles. The Hall–Kier alpha value is -1.69. The molecule has 1 rings (SSSR count). The van der Waals surface area contributed by atoms with Crippen LogP contribution in [0.15, 0.2) is 28.7 Å². The number of halogens is 2. The van der Waals surface area contributed by atoms with Crippen molar-refractivity contribution in [3.63, 3.8) is 0 Å². The van der Waals surface area contributed by atoms with Gasteiger partial charge in [-0.15, -0.1) is 0 Å². The van der Waals surface area contributed by atoms with Gasteiger partial charge in [-0.3, -0.25) is 4.79 Å². The van der Waals surface area contributed by atoms with E-state index in [0.29, 0.717) is 4.47 Å². The fraction of sp³-hybridized carbons (Fsp3) is 0.333. The summed E-state index contributed by atoms with van der Waals surface area (Å²) in [5.41, 5.74) is -1.05. The molecule has 2 N–H and O–H groups in total. The Labute approximate surface area is 131 Å². The number of carbonyl (C=O) groups excluding carboxylic acids is 1. The van der Waals surface area contributed by atoms with Crippen LogP contribution in [0.25, 0.3) is 6.08 Å². The Morgan fingerprint density at radius 1 is 1.38 bits per heavy atom. The van der Waals surface area contributed by atoms with Crippen molar-refractivity contribution in [2.45, 2.75) is 32.2 Å². The smallest absolute Gasteiger partial charge is 0.329 e. The molecule has 4 nitrogen and oxygen atoms in total. The summed E-state index contributed by atoms with van der Waals surface area (Å²) in [4.78, 5) is 23.1. The minimum atomic E-state index is -1.29. The lowest BCUT2D eigenvalue weighted by Crippen LogP contribution is -2.53. The monoisotopic (exact) mass is 357 g/mol. The Bertz CT molecular complexity index is 568. The normalized spacial score (nSPS) is 11.6. The van der Waals surface area contributed by atoms with E-state index in [1.54, 1.807) is 19.9 Å². The van der Waals surface area contributed by atoms with E-state index in [9.17, 15) is 19.1 Å². The molecule has 1 aromatic carbocycles. The third kappa shape index (κ3) is 4.39. The van der Waals surface area contributed by atoms with E-state index >= 15 is 0 Å². The molecule has 0 atom stereocenters. The molecule has 0 saturated heterocycles. The van der Waals surface area contributed by atoms with E-state index in [1.807, 2.05) is 0 Å². The van der Waals surface area contributed by atoms with E-state index in [-0.39, 0.29) is 18.4 Å². The van der Waals surface area contributed by atoms with Crippen LogP contribution in [-0.4, -0.2) is 22.5 Å². The lowest BCUT2D eigenvalue weighted by atomic mass is 9.93. The Morgan fingerprint density at radius 3 is 2.52 bits per heavy atom. The Morgan fingerprint density at radius 2 is 2.00 bits per heavy atom. The van der Waals surface area contributed by atoms with Crippen molar-refractivity contribution in [2.24, 2.45) is 0 Å². The van der Waals surface area contributed by atoms with Crippen LogP contribution >= 0.6 is 15.9 Å². The lowest BCUT2D eigenvalue weighted by molar-refractivity contribution is -0.147. The van der Waals surface area contributed by atoms with Crippen LogP contribution in [0.2, 0.25) is 0 Å². The zero-order valence-electron chi connectivity index (χ0n) is 11.8. The number of hydrogen-bond acceptors (Lipinski definition) is 2. The highest BCUT2D eigenvalue weighted by Gasteiger charge is 2.35. The van der Waals surface area contributed by atoms with Gasteiger partial charge in [-0.1, -0.05) is 29.8 Å². The summed E-state index contributed by atoms with van der Waals surface area (Å²) >= 11 is 3.21. The standard InChI is InChI=1S/C15H17BrFNO3/c1-3-15(4-2,14(20)21)18-13(19)8-5-10-9-11(16)6-7-12(10)17/h5-9H,3-4H2,1-2H3,(H,18,19)(H,20,21). The minimum absolute atomic E-state index is 0.244. The van der Waals surface area contributed by atoms with Gasteiger partial charge in [0.05, 0.1) is 0 Å². The molecule has 0 saturated carbocycles. The van der Waals surface area contributed by atoms with Crippen molar-refractivity contribution >= 4 is 33.9 Å². The van der Waals surface area contributed by atoms with Crippen LogP contribution in [0.5, 0.6) is 0 Å². The molecule has 6 heteroatoms. The van der Waals surface area contributed by atoms with Gasteiger partial charge in [-0.05, 0) is 37.1 Å². The van der Waals surface area contributed by atoms with Crippen LogP contribution in [0.4, 0.5) is 4.39 Å². The van der Waals surface area contributed by atoms with Crippen molar-refractivity contribution in [1.29, 1.82) is 0 Å². The second-order valence-corrected chi connectivity index (χ2v) is 5.50. The Balaban J connectivity index is 2.88. The number of rotatable bonds is 6. The molecule has 0 aliphatic rings. The first-order valence-electron chi connectivity index (χ1n) is 6.53. The number of carboxylic acid groups (broad SMARTS) is 1. The molecule has 0 heterocycles. The summed E-state index contributed by atoms with van der Waals surface area (Å²) in [5.74, 6) is -2.11. The first-order valence-corrected chi connectivity index (χ1v) is 7.32. The van der Waals surface area contributed by atoms with Gasteiger partial charge in [0.25, 0.3) is 0 Å². The number of aliphatic carboxylic acids is 1. The van der Waals surface area contributed by atoms with E-state index in [0.717, 1.165) is 6.08 Å². The molecular weight excluding hydrogens is 341 g/mol. The first kappa shape index (κ1) is 17.4. The predicted octanol–water partition coefficient (Wildman–Crippen LogP) is 3.36. The molecule has 0 bridgehead atoms. The van der Waals surface area contributed by atoms with Crippen molar-refractivity contribution < 1.29 is 19.1 Å². The molecule has 0 fully saturated rings. The van der Waals surface area contributed by atoms with Gasteiger partial charge in [0.1, 0.15) is 11.4 Å². The third-order valence-corrected chi connectivity index (χ3v) is 3.84. The minimum Gasteiger partial charge on any atom is -0.480 e. The van der Waals surface area contributed by atoms with E-state index < -0.39 is 23.2 Å². The number of carbonyl (C=O) groups is 2. The second-order valence-electron chi connectivity index (χ2n) is 4.58. The topological polar surface area (TPSA) is 66.4 Å². The molecule has 0 radical (unpaired) electrons. The largest absolute Gasteiger partial charge is 0.480 e. The van der Waals surface area contributed by atoms with Gasteiger partial charge in [0, 0.05) is 16.1 Å². The Kier molecular flexibility index (Phi) is 6.08. The average Bonchev–Trinajstić information content (AvgIpc) is 2.45. The molecule has 0 aliphatic carbocycles. The fourth-order valence-electron chi connectivity index (χ4n) is 1.87. The van der Waals surface area contributed by atoms with Crippen molar-refractivity contribution in [3.8, 4) is 0 Å². The molecule has 0 spiro atoms. The zero-order chi connectivity index (χ0) is 16.0. The number of benzene rings is 1. The number of carboxylic acids is 1. The maximum absolute atomic E-state index is 13.5. The average molecular weight is 358 g/mol. The van der Waals surface area contributed by atoms with Crippen LogP contribution < -0.4 is 5.32 Å². The number of nitrogens with one attached hydrogen (secondary N) is 1. The summed E-state index contributed by atoms with van der Waals surface area (Å²) < 4.78 is 14.2. The molecule has 0 aliphatic heterocycles. The van der Waals surface area contributed by atoms with Gasteiger partial charge < -0.3 is 10.4 Å². The van der Waals surface area contributed by atoms with Crippen LogP contribution in [-0.2, 0) is 9.59 Å². The molecular formula is C15H17BrFNO3. The summed E-state index contributed by atoms with van der Waals surface area (Å²) in [6.07, 6.45) is 2.98. The highest BCUT2D eigenvalue weighted by Crippen LogP contribution is 2.18. The van der Waals surface area contributed by atoms with Crippen molar-refractivity contribution in [3.05, 3.63) is 40.1 Å². The highest BCUT2D eigenvalue weighted by molar-refractivity contribution is 9.10. The SMILES string of the molecule is CCC(CC)(NC(=O)C=Cc1cc(Br)ccc1F)C(=O)O.